The van der Waals surface area contributed by atoms with Crippen molar-refractivity contribution in [3.8, 4) is 11.5 Å². The monoisotopic (exact) mass is 295 g/mol. The van der Waals surface area contributed by atoms with Crippen LogP contribution in [0.2, 0.25) is 0 Å². The van der Waals surface area contributed by atoms with Gasteiger partial charge in [-0.3, -0.25) is 4.79 Å². The lowest BCUT2D eigenvalue weighted by molar-refractivity contribution is -0.118. The van der Waals surface area contributed by atoms with Crippen LogP contribution in [0.25, 0.3) is 0 Å². The lowest BCUT2D eigenvalue weighted by atomic mass is 10.2. The highest BCUT2D eigenvalue weighted by Crippen LogP contribution is 2.32. The van der Waals surface area contributed by atoms with Crippen molar-refractivity contribution < 1.29 is 14.3 Å². The number of hydrogen-bond acceptors (Lipinski definition) is 4. The fourth-order valence-electron chi connectivity index (χ4n) is 1.71. The van der Waals surface area contributed by atoms with E-state index in [1.807, 2.05) is 18.2 Å². The molecule has 1 aromatic rings. The van der Waals surface area contributed by atoms with Crippen molar-refractivity contribution in [2.75, 3.05) is 19.9 Å². The second-order valence-corrected chi connectivity index (χ2v) is 4.69. The fraction of sp³-hybridized carbons (Fsp3) is 0.385. The first-order valence-corrected chi connectivity index (χ1v) is 6.70. The van der Waals surface area contributed by atoms with E-state index in [1.54, 1.807) is 0 Å². The van der Waals surface area contributed by atoms with Gasteiger partial charge in [0.25, 0.3) is 0 Å². The van der Waals surface area contributed by atoms with E-state index in [0.717, 1.165) is 17.1 Å². The Morgan fingerprint density at radius 1 is 1.20 bits per heavy atom. The normalized spacial score (nSPS) is 11.8. The van der Waals surface area contributed by atoms with Gasteiger partial charge in [-0.15, -0.1) is 0 Å². The molecule has 0 radical (unpaired) electrons. The van der Waals surface area contributed by atoms with Crippen LogP contribution in [0.4, 0.5) is 0 Å². The van der Waals surface area contributed by atoms with Crippen molar-refractivity contribution in [2.45, 2.75) is 13.5 Å². The molecule has 0 saturated heterocycles. The van der Waals surface area contributed by atoms with Gasteiger partial charge in [-0.05, 0) is 29.9 Å². The highest BCUT2D eigenvalue weighted by molar-refractivity contribution is 7.80. The summed E-state index contributed by atoms with van der Waals surface area (Å²) in [4.78, 5) is 10.7. The number of benzene rings is 1. The molecule has 0 bridgehead atoms. The molecule has 2 rings (SSSR count). The van der Waals surface area contributed by atoms with E-state index in [-0.39, 0.29) is 12.7 Å². The maximum Gasteiger partial charge on any atom is 0.231 e. The van der Waals surface area contributed by atoms with E-state index in [9.17, 15) is 4.79 Å². The van der Waals surface area contributed by atoms with Crippen molar-refractivity contribution in [3.63, 3.8) is 0 Å². The number of ether oxygens (including phenoxy) is 2. The Balaban J connectivity index is 1.69. The number of carbonyl (C=O) groups excluding carboxylic acids is 1. The highest BCUT2D eigenvalue weighted by Gasteiger charge is 2.12. The first-order chi connectivity index (χ1) is 9.65. The number of nitrogens with one attached hydrogen (secondary N) is 3. The summed E-state index contributed by atoms with van der Waals surface area (Å²) in [6.07, 6.45) is 0. The molecule has 6 nitrogen and oxygen atoms in total. The molecule has 1 amide bonds. The van der Waals surface area contributed by atoms with Gasteiger partial charge in [-0.25, -0.2) is 0 Å². The largest absolute Gasteiger partial charge is 0.454 e. The SMILES string of the molecule is CC(=O)NCCNC(=S)NCc1ccc2c(c1)OCO2. The zero-order chi connectivity index (χ0) is 14.4. The summed E-state index contributed by atoms with van der Waals surface area (Å²) in [5.41, 5.74) is 1.06. The van der Waals surface area contributed by atoms with E-state index in [0.29, 0.717) is 24.7 Å². The van der Waals surface area contributed by atoms with Gasteiger partial charge in [0.05, 0.1) is 0 Å². The topological polar surface area (TPSA) is 71.6 Å². The molecule has 0 fully saturated rings. The summed E-state index contributed by atoms with van der Waals surface area (Å²) in [7, 11) is 0. The number of carbonyl (C=O) groups is 1. The van der Waals surface area contributed by atoms with Crippen LogP contribution in [0.15, 0.2) is 18.2 Å². The Morgan fingerprint density at radius 2 is 1.95 bits per heavy atom. The first-order valence-electron chi connectivity index (χ1n) is 6.30. The Hall–Kier alpha value is -2.02. The van der Waals surface area contributed by atoms with Crippen molar-refractivity contribution in [2.24, 2.45) is 0 Å². The number of thiocarbonyl (C=S) groups is 1. The minimum atomic E-state index is -0.0500. The van der Waals surface area contributed by atoms with Crippen LogP contribution in [0.1, 0.15) is 12.5 Å². The molecule has 0 unspecified atom stereocenters. The molecule has 1 aliphatic heterocycles. The van der Waals surface area contributed by atoms with Gasteiger partial charge in [0.15, 0.2) is 16.6 Å². The molecule has 0 atom stereocenters. The van der Waals surface area contributed by atoms with Crippen molar-refractivity contribution in [1.82, 2.24) is 16.0 Å². The molecule has 0 saturated carbocycles. The summed E-state index contributed by atoms with van der Waals surface area (Å²) in [5.74, 6) is 1.48. The maximum atomic E-state index is 10.7. The van der Waals surface area contributed by atoms with Crippen LogP contribution in [0, 0.1) is 0 Å². The third kappa shape index (κ3) is 4.27. The average Bonchev–Trinajstić information content (AvgIpc) is 2.88. The molecule has 20 heavy (non-hydrogen) atoms. The second kappa shape index (κ2) is 6.95. The van der Waals surface area contributed by atoms with Gasteiger partial charge in [-0.1, -0.05) is 6.07 Å². The molecule has 0 aromatic heterocycles. The van der Waals surface area contributed by atoms with Crippen LogP contribution < -0.4 is 25.4 Å². The Labute approximate surface area is 122 Å². The van der Waals surface area contributed by atoms with E-state index in [1.165, 1.54) is 6.92 Å². The van der Waals surface area contributed by atoms with Crippen molar-refractivity contribution >= 4 is 23.2 Å². The minimum Gasteiger partial charge on any atom is -0.454 e. The van der Waals surface area contributed by atoms with Gasteiger partial charge in [0.2, 0.25) is 12.7 Å². The molecular weight excluding hydrogens is 278 g/mol. The van der Waals surface area contributed by atoms with E-state index in [4.69, 9.17) is 21.7 Å². The fourth-order valence-corrected chi connectivity index (χ4v) is 1.88. The van der Waals surface area contributed by atoms with Gasteiger partial charge >= 0.3 is 0 Å². The predicted molar refractivity (Wildman–Crippen MR) is 78.7 cm³/mol. The molecular formula is C13H17N3O3S. The standard InChI is InChI=1S/C13H17N3O3S/c1-9(17)14-4-5-15-13(20)16-7-10-2-3-11-12(6-10)19-8-18-11/h2-3,6H,4-5,7-8H2,1H3,(H,14,17)(H2,15,16,20). The quantitative estimate of drug-likeness (QED) is 0.543. The van der Waals surface area contributed by atoms with Gasteiger partial charge in [0.1, 0.15) is 0 Å². The summed E-state index contributed by atoms with van der Waals surface area (Å²) in [5, 5.41) is 9.33. The van der Waals surface area contributed by atoms with E-state index >= 15 is 0 Å². The van der Waals surface area contributed by atoms with E-state index < -0.39 is 0 Å². The predicted octanol–water partition coefficient (Wildman–Crippen LogP) is 0.515. The molecule has 3 N–H and O–H groups in total. The lowest BCUT2D eigenvalue weighted by Gasteiger charge is -2.11. The maximum absolute atomic E-state index is 10.7. The summed E-state index contributed by atoms with van der Waals surface area (Å²) in [6, 6.07) is 5.77. The summed E-state index contributed by atoms with van der Waals surface area (Å²) >= 11 is 5.14. The number of rotatable bonds is 5. The molecule has 0 spiro atoms. The molecule has 0 aliphatic carbocycles. The Kier molecular flexibility index (Phi) is 5.00. The van der Waals surface area contributed by atoms with Crippen LogP contribution in [0.3, 0.4) is 0 Å². The zero-order valence-corrected chi connectivity index (χ0v) is 12.0. The molecule has 108 valence electrons. The highest BCUT2D eigenvalue weighted by atomic mass is 32.1. The number of amides is 1. The third-order valence-electron chi connectivity index (χ3n) is 2.67. The van der Waals surface area contributed by atoms with Gasteiger partial charge < -0.3 is 25.4 Å². The number of hydrogen-bond donors (Lipinski definition) is 3. The Bertz CT molecular complexity index is 508. The zero-order valence-electron chi connectivity index (χ0n) is 11.2. The van der Waals surface area contributed by atoms with Gasteiger partial charge in [0, 0.05) is 26.6 Å². The lowest BCUT2D eigenvalue weighted by Crippen LogP contribution is -2.39. The minimum absolute atomic E-state index is 0.0500. The van der Waals surface area contributed by atoms with Gasteiger partial charge in [-0.2, -0.15) is 0 Å². The molecule has 1 aromatic carbocycles. The summed E-state index contributed by atoms with van der Waals surface area (Å²) < 4.78 is 10.6. The average molecular weight is 295 g/mol. The third-order valence-corrected chi connectivity index (χ3v) is 2.96. The Morgan fingerprint density at radius 3 is 2.75 bits per heavy atom. The summed E-state index contributed by atoms with van der Waals surface area (Å²) in [6.45, 7) is 3.49. The molecule has 1 heterocycles. The van der Waals surface area contributed by atoms with Crippen molar-refractivity contribution in [3.05, 3.63) is 23.8 Å². The molecule has 1 aliphatic rings. The first kappa shape index (κ1) is 14.4. The van der Waals surface area contributed by atoms with Crippen LogP contribution in [-0.2, 0) is 11.3 Å². The van der Waals surface area contributed by atoms with Crippen LogP contribution >= 0.6 is 12.2 Å². The van der Waals surface area contributed by atoms with E-state index in [2.05, 4.69) is 16.0 Å². The molecule has 7 heteroatoms. The van der Waals surface area contributed by atoms with Crippen LogP contribution in [-0.4, -0.2) is 30.9 Å². The van der Waals surface area contributed by atoms with Crippen molar-refractivity contribution in [1.29, 1.82) is 0 Å². The smallest absolute Gasteiger partial charge is 0.231 e. The number of fused-ring (bicyclic) bond motifs is 1. The van der Waals surface area contributed by atoms with Crippen LogP contribution in [0.5, 0.6) is 11.5 Å². The second-order valence-electron chi connectivity index (χ2n) is 4.28.